The average molecular weight is 654 g/mol. The summed E-state index contributed by atoms with van der Waals surface area (Å²) < 4.78 is 11.1. The molecule has 1 aromatic heterocycles. The summed E-state index contributed by atoms with van der Waals surface area (Å²) >= 11 is 2.89. The Morgan fingerprint density at radius 2 is 1.67 bits per heavy atom. The summed E-state index contributed by atoms with van der Waals surface area (Å²) in [6.45, 7) is 1.84. The van der Waals surface area contributed by atoms with Crippen molar-refractivity contribution in [3.63, 3.8) is 0 Å². The summed E-state index contributed by atoms with van der Waals surface area (Å²) in [5, 5.41) is 3.82. The lowest BCUT2D eigenvalue weighted by atomic mass is 9.68. The second kappa shape index (κ2) is 11.2. The number of imide groups is 1. The molecule has 8 rings (SSSR count). The van der Waals surface area contributed by atoms with E-state index in [2.05, 4.69) is 10.3 Å². The Balaban J connectivity index is 1.05. The van der Waals surface area contributed by atoms with E-state index in [-0.39, 0.29) is 70.0 Å². The summed E-state index contributed by atoms with van der Waals surface area (Å²) in [4.78, 5) is 58.2. The molecule has 2 N–H and O–H groups in total. The SMILES string of the molecule is COc1ccc(N2C(=O)C3C(C2=O)[C@@H]2C[C@H]3C3Sc4[nH]c(=O)sc4[C@H](c4ccc(OCC(=O)Nc5cccc(C)c5)cc4)C32)cc1. The normalized spacial score (nSPS) is 27.3. The minimum Gasteiger partial charge on any atom is -0.497 e. The zero-order chi connectivity index (χ0) is 31.7. The van der Waals surface area contributed by atoms with E-state index in [1.807, 2.05) is 55.5 Å². The lowest BCUT2D eigenvalue weighted by Crippen LogP contribution is -2.42. The Bertz CT molecular complexity index is 1920. The van der Waals surface area contributed by atoms with Crippen LogP contribution in [0.1, 0.15) is 28.3 Å². The number of carbonyl (C=O) groups is 3. The van der Waals surface area contributed by atoms with Crippen LogP contribution >= 0.6 is 23.1 Å². The first-order chi connectivity index (χ1) is 22.3. The van der Waals surface area contributed by atoms with Crippen LogP contribution < -0.4 is 24.6 Å². The molecule has 46 heavy (non-hydrogen) atoms. The van der Waals surface area contributed by atoms with Crippen LogP contribution in [-0.4, -0.2) is 41.7 Å². The van der Waals surface area contributed by atoms with Gasteiger partial charge in [0.25, 0.3) is 5.91 Å². The monoisotopic (exact) mass is 653 g/mol. The van der Waals surface area contributed by atoms with Crippen LogP contribution in [0.15, 0.2) is 82.6 Å². The van der Waals surface area contributed by atoms with Crippen molar-refractivity contribution >= 4 is 52.2 Å². The van der Waals surface area contributed by atoms with Crippen LogP contribution in [0.3, 0.4) is 0 Å². The van der Waals surface area contributed by atoms with Gasteiger partial charge in [-0.2, -0.15) is 0 Å². The molecule has 7 atom stereocenters. The second-order valence-electron chi connectivity index (χ2n) is 12.4. The number of aryl methyl sites for hydroxylation is 1. The van der Waals surface area contributed by atoms with Gasteiger partial charge in [0.1, 0.15) is 11.5 Å². The summed E-state index contributed by atoms with van der Waals surface area (Å²) in [6, 6.07) is 22.3. The summed E-state index contributed by atoms with van der Waals surface area (Å²) in [5.41, 5.74) is 3.37. The third-order valence-electron chi connectivity index (χ3n) is 9.97. The maximum absolute atomic E-state index is 14.0. The zero-order valence-corrected chi connectivity index (χ0v) is 26.7. The molecule has 2 bridgehead atoms. The third-order valence-corrected chi connectivity index (χ3v) is 12.6. The van der Waals surface area contributed by atoms with Gasteiger partial charge >= 0.3 is 4.87 Å². The molecule has 2 aliphatic carbocycles. The number of aromatic nitrogens is 1. The van der Waals surface area contributed by atoms with Gasteiger partial charge in [-0.05, 0) is 90.8 Å². The molecule has 4 aliphatic rings. The van der Waals surface area contributed by atoms with Gasteiger partial charge in [-0.15, -0.1) is 11.8 Å². The number of nitrogens with zero attached hydrogens (tertiary/aromatic N) is 1. The first kappa shape index (κ1) is 29.1. The van der Waals surface area contributed by atoms with E-state index in [0.29, 0.717) is 17.2 Å². The fourth-order valence-corrected chi connectivity index (χ4v) is 11.1. The van der Waals surface area contributed by atoms with Crippen molar-refractivity contribution < 1.29 is 23.9 Å². The fourth-order valence-electron chi connectivity index (χ4n) is 8.22. The quantitative estimate of drug-likeness (QED) is 0.255. The highest BCUT2D eigenvalue weighted by Crippen LogP contribution is 2.68. The maximum Gasteiger partial charge on any atom is 0.305 e. The van der Waals surface area contributed by atoms with E-state index in [1.54, 1.807) is 43.1 Å². The minimum atomic E-state index is -0.379. The molecule has 9 nitrogen and oxygen atoms in total. The molecule has 3 amide bonds. The van der Waals surface area contributed by atoms with Gasteiger partial charge in [0.05, 0.1) is 29.7 Å². The van der Waals surface area contributed by atoms with Gasteiger partial charge in [0.15, 0.2) is 6.61 Å². The Hall–Kier alpha value is -4.35. The van der Waals surface area contributed by atoms with E-state index in [4.69, 9.17) is 9.47 Å². The largest absolute Gasteiger partial charge is 0.497 e. The van der Waals surface area contributed by atoms with Crippen molar-refractivity contribution in [3.05, 3.63) is 98.5 Å². The predicted molar refractivity (Wildman–Crippen MR) is 176 cm³/mol. The average Bonchev–Trinajstić information content (AvgIpc) is 3.79. The molecule has 0 spiro atoms. The molecule has 3 aromatic carbocycles. The molecule has 0 radical (unpaired) electrons. The van der Waals surface area contributed by atoms with Gasteiger partial charge in [0.2, 0.25) is 11.8 Å². The van der Waals surface area contributed by atoms with Crippen molar-refractivity contribution in [2.45, 2.75) is 29.5 Å². The molecule has 4 unspecified atom stereocenters. The van der Waals surface area contributed by atoms with Crippen molar-refractivity contribution in [2.75, 3.05) is 23.9 Å². The van der Waals surface area contributed by atoms with Crippen LogP contribution in [0, 0.1) is 36.5 Å². The predicted octanol–water partition coefficient (Wildman–Crippen LogP) is 5.45. The van der Waals surface area contributed by atoms with E-state index in [1.165, 1.54) is 16.2 Å². The summed E-state index contributed by atoms with van der Waals surface area (Å²) in [6.07, 6.45) is 0.818. The number of carbonyl (C=O) groups excluding carboxylic acids is 3. The highest BCUT2D eigenvalue weighted by Gasteiger charge is 2.69. The molecule has 3 fully saturated rings. The van der Waals surface area contributed by atoms with Crippen LogP contribution in [0.2, 0.25) is 0 Å². The molecular formula is C35H31N3O6S2. The van der Waals surface area contributed by atoms with E-state index in [9.17, 15) is 19.2 Å². The molecule has 1 saturated heterocycles. The number of benzene rings is 3. The van der Waals surface area contributed by atoms with Gasteiger partial charge in [-0.1, -0.05) is 35.6 Å². The smallest absolute Gasteiger partial charge is 0.305 e. The van der Waals surface area contributed by atoms with E-state index < -0.39 is 0 Å². The molecule has 11 heteroatoms. The van der Waals surface area contributed by atoms with Crippen LogP contribution in [0.5, 0.6) is 11.5 Å². The Kier molecular flexibility index (Phi) is 7.06. The number of nitrogens with one attached hydrogen (secondary N) is 2. The molecule has 234 valence electrons. The standard InChI is InChI=1S/C35H31N3O6S2/c1-17-4-3-5-19(14-17)36-25(39)16-44-22-10-6-18(7-11-22)26-27-23-15-24(30(27)45-32-31(26)46-35(42)37-32)29-28(23)33(40)38(34(29)41)20-8-12-21(43-2)13-9-20/h3-14,23-24,26-30H,15-16H2,1-2H3,(H,36,39)(H,37,42)/t23-,24-,26-,27?,28?,29?,30?/m1/s1. The first-order valence-electron chi connectivity index (χ1n) is 15.3. The van der Waals surface area contributed by atoms with Gasteiger partial charge < -0.3 is 19.8 Å². The number of rotatable bonds is 7. The van der Waals surface area contributed by atoms with E-state index >= 15 is 0 Å². The first-order valence-corrected chi connectivity index (χ1v) is 17.0. The Morgan fingerprint density at radius 3 is 2.39 bits per heavy atom. The minimum absolute atomic E-state index is 0.0174. The van der Waals surface area contributed by atoms with Gasteiger partial charge in [0, 0.05) is 21.7 Å². The number of aromatic amines is 1. The Morgan fingerprint density at radius 1 is 0.957 bits per heavy atom. The van der Waals surface area contributed by atoms with Crippen LogP contribution in [-0.2, 0) is 14.4 Å². The number of fused-ring (bicyclic) bond motifs is 9. The highest BCUT2D eigenvalue weighted by atomic mass is 32.2. The van der Waals surface area contributed by atoms with Crippen molar-refractivity contribution in [1.82, 2.24) is 4.98 Å². The maximum atomic E-state index is 14.0. The van der Waals surface area contributed by atoms with Crippen LogP contribution in [0.4, 0.5) is 11.4 Å². The molecule has 2 aliphatic heterocycles. The molecule has 4 aromatic rings. The van der Waals surface area contributed by atoms with Crippen molar-refractivity contribution in [2.24, 2.45) is 29.6 Å². The highest BCUT2D eigenvalue weighted by molar-refractivity contribution is 8.00. The topological polar surface area (TPSA) is 118 Å². The number of hydrogen-bond donors (Lipinski definition) is 2. The molecule has 2 saturated carbocycles. The second-order valence-corrected chi connectivity index (χ2v) is 14.6. The number of ether oxygens (including phenoxy) is 2. The molecular weight excluding hydrogens is 623 g/mol. The van der Waals surface area contributed by atoms with Crippen LogP contribution in [0.25, 0.3) is 0 Å². The van der Waals surface area contributed by atoms with Crippen molar-refractivity contribution in [3.8, 4) is 11.5 Å². The lowest BCUT2D eigenvalue weighted by molar-refractivity contribution is -0.123. The number of thioether (sulfide) groups is 1. The number of methoxy groups -OCH3 is 1. The summed E-state index contributed by atoms with van der Waals surface area (Å²) in [7, 11) is 1.58. The number of H-pyrrole nitrogens is 1. The fraction of sp³-hybridized carbons (Fsp3) is 0.314. The van der Waals surface area contributed by atoms with Gasteiger partial charge in [-0.25, -0.2) is 0 Å². The van der Waals surface area contributed by atoms with Crippen molar-refractivity contribution in [1.29, 1.82) is 0 Å². The summed E-state index contributed by atoms with van der Waals surface area (Å²) in [5.74, 6) is 0.0336. The van der Waals surface area contributed by atoms with Gasteiger partial charge in [-0.3, -0.25) is 24.1 Å². The number of thiazole rings is 1. The van der Waals surface area contributed by atoms with E-state index in [0.717, 1.165) is 33.1 Å². The zero-order valence-electron chi connectivity index (χ0n) is 25.1. The Labute approximate surface area is 273 Å². The number of anilines is 2. The number of amides is 3. The lowest BCUT2D eigenvalue weighted by Gasteiger charge is -2.43. The number of hydrogen-bond acceptors (Lipinski definition) is 8. The third kappa shape index (κ3) is 4.67. The molecule has 3 heterocycles.